The van der Waals surface area contributed by atoms with Crippen LogP contribution in [0.1, 0.15) is 0 Å². The van der Waals surface area contributed by atoms with E-state index < -0.39 is 10.0 Å². The van der Waals surface area contributed by atoms with E-state index in [2.05, 4.69) is 20.0 Å². The fourth-order valence-electron chi connectivity index (χ4n) is 3.56. The number of benzene rings is 1. The van der Waals surface area contributed by atoms with Crippen LogP contribution >= 0.6 is 0 Å². The maximum atomic E-state index is 13.0. The number of aromatic nitrogens is 2. The Morgan fingerprint density at radius 1 is 1.00 bits per heavy atom. The Labute approximate surface area is 170 Å². The highest BCUT2D eigenvalue weighted by Gasteiger charge is 2.29. The third kappa shape index (κ3) is 4.29. The first kappa shape index (κ1) is 19.9. The molecule has 0 unspecified atom stereocenters. The van der Waals surface area contributed by atoms with E-state index in [1.807, 2.05) is 6.07 Å². The smallest absolute Gasteiger partial charge is 0.243 e. The van der Waals surface area contributed by atoms with E-state index in [1.54, 1.807) is 30.5 Å². The van der Waals surface area contributed by atoms with Crippen molar-refractivity contribution >= 4 is 21.5 Å². The number of rotatable bonds is 5. The quantitative estimate of drug-likeness (QED) is 0.704. The van der Waals surface area contributed by atoms with Crippen LogP contribution in [0.15, 0.2) is 41.4 Å². The number of sulfonamides is 1. The predicted molar refractivity (Wildman–Crippen MR) is 109 cm³/mol. The van der Waals surface area contributed by atoms with Gasteiger partial charge in [0.15, 0.2) is 5.82 Å². The summed E-state index contributed by atoms with van der Waals surface area (Å²) in [6.45, 7) is 4.98. The SMILES string of the molecule is COc1cccc(S(=O)(=O)N2CCN(c3cnnc(N4CCOCC4)c3)CC2)c1. The van der Waals surface area contributed by atoms with Gasteiger partial charge in [-0.05, 0) is 12.1 Å². The molecule has 29 heavy (non-hydrogen) atoms. The second kappa shape index (κ2) is 8.52. The van der Waals surface area contributed by atoms with Crippen LogP contribution in [0.25, 0.3) is 0 Å². The zero-order chi connectivity index (χ0) is 20.3. The minimum absolute atomic E-state index is 0.255. The molecule has 0 bridgehead atoms. The zero-order valence-corrected chi connectivity index (χ0v) is 17.2. The summed E-state index contributed by atoms with van der Waals surface area (Å²) in [5, 5.41) is 8.39. The van der Waals surface area contributed by atoms with Gasteiger partial charge in [0.2, 0.25) is 10.0 Å². The van der Waals surface area contributed by atoms with E-state index in [9.17, 15) is 8.42 Å². The van der Waals surface area contributed by atoms with Gasteiger partial charge < -0.3 is 19.3 Å². The molecule has 4 rings (SSSR count). The molecule has 0 amide bonds. The number of ether oxygens (including phenoxy) is 2. The first-order valence-corrected chi connectivity index (χ1v) is 11.1. The molecule has 3 heterocycles. The highest BCUT2D eigenvalue weighted by atomic mass is 32.2. The van der Waals surface area contributed by atoms with Gasteiger partial charge in [-0.3, -0.25) is 0 Å². The molecule has 0 N–H and O–H groups in total. The topological polar surface area (TPSA) is 88.1 Å². The van der Waals surface area contributed by atoms with Crippen molar-refractivity contribution in [2.24, 2.45) is 0 Å². The molecule has 156 valence electrons. The van der Waals surface area contributed by atoms with Gasteiger partial charge in [0.05, 0.1) is 37.1 Å². The molecule has 2 saturated heterocycles. The number of hydrogen-bond acceptors (Lipinski definition) is 8. The molecule has 2 aliphatic heterocycles. The molecule has 2 aromatic rings. The number of piperazine rings is 1. The van der Waals surface area contributed by atoms with Crippen molar-refractivity contribution in [2.75, 3.05) is 69.4 Å². The average molecular weight is 420 g/mol. The minimum Gasteiger partial charge on any atom is -0.497 e. The number of morpholine rings is 1. The minimum atomic E-state index is -3.55. The van der Waals surface area contributed by atoms with Gasteiger partial charge in [-0.25, -0.2) is 8.42 Å². The Kier molecular flexibility index (Phi) is 5.84. The summed E-state index contributed by atoms with van der Waals surface area (Å²) in [5.74, 6) is 1.36. The molecule has 0 saturated carbocycles. The van der Waals surface area contributed by atoms with Crippen molar-refractivity contribution in [1.29, 1.82) is 0 Å². The van der Waals surface area contributed by atoms with E-state index in [0.29, 0.717) is 45.1 Å². The summed E-state index contributed by atoms with van der Waals surface area (Å²) in [5.41, 5.74) is 0.958. The van der Waals surface area contributed by atoms with E-state index in [0.717, 1.165) is 24.6 Å². The van der Waals surface area contributed by atoms with Gasteiger partial charge in [0, 0.05) is 51.4 Å². The summed E-state index contributed by atoms with van der Waals surface area (Å²) in [6.07, 6.45) is 1.73. The molecule has 9 nitrogen and oxygen atoms in total. The van der Waals surface area contributed by atoms with Crippen LogP contribution in [-0.4, -0.2) is 82.5 Å². The van der Waals surface area contributed by atoms with E-state index in [1.165, 1.54) is 11.4 Å². The second-order valence-electron chi connectivity index (χ2n) is 6.94. The summed E-state index contributed by atoms with van der Waals surface area (Å²) < 4.78 is 38.0. The Morgan fingerprint density at radius 2 is 1.76 bits per heavy atom. The lowest BCUT2D eigenvalue weighted by Gasteiger charge is -2.35. The molecule has 2 fully saturated rings. The Hall–Kier alpha value is -2.43. The highest BCUT2D eigenvalue weighted by molar-refractivity contribution is 7.89. The Balaban J connectivity index is 1.44. The molecule has 2 aliphatic rings. The molecule has 0 radical (unpaired) electrons. The maximum absolute atomic E-state index is 13.0. The molecular weight excluding hydrogens is 394 g/mol. The lowest BCUT2D eigenvalue weighted by Crippen LogP contribution is -2.48. The van der Waals surface area contributed by atoms with Crippen LogP contribution in [0.4, 0.5) is 11.5 Å². The fourth-order valence-corrected chi connectivity index (χ4v) is 5.02. The summed E-state index contributed by atoms with van der Waals surface area (Å²) in [6, 6.07) is 8.61. The van der Waals surface area contributed by atoms with E-state index in [-0.39, 0.29) is 4.90 Å². The van der Waals surface area contributed by atoms with Crippen LogP contribution in [0.2, 0.25) is 0 Å². The molecule has 1 aromatic heterocycles. The van der Waals surface area contributed by atoms with Crippen molar-refractivity contribution in [3.8, 4) is 5.75 Å². The molecule has 0 aliphatic carbocycles. The summed E-state index contributed by atoms with van der Waals surface area (Å²) in [7, 11) is -2.02. The van der Waals surface area contributed by atoms with Crippen molar-refractivity contribution < 1.29 is 17.9 Å². The number of methoxy groups -OCH3 is 1. The lowest BCUT2D eigenvalue weighted by atomic mass is 10.3. The van der Waals surface area contributed by atoms with Crippen LogP contribution in [0, 0.1) is 0 Å². The van der Waals surface area contributed by atoms with Crippen LogP contribution in [-0.2, 0) is 14.8 Å². The third-order valence-electron chi connectivity index (χ3n) is 5.25. The maximum Gasteiger partial charge on any atom is 0.243 e. The van der Waals surface area contributed by atoms with Gasteiger partial charge in [0.25, 0.3) is 0 Å². The zero-order valence-electron chi connectivity index (χ0n) is 16.4. The predicted octanol–water partition coefficient (Wildman–Crippen LogP) is 0.833. The van der Waals surface area contributed by atoms with Crippen molar-refractivity contribution in [3.63, 3.8) is 0 Å². The first-order chi connectivity index (χ1) is 14.1. The number of nitrogens with zero attached hydrogens (tertiary/aromatic N) is 5. The van der Waals surface area contributed by atoms with E-state index in [4.69, 9.17) is 9.47 Å². The van der Waals surface area contributed by atoms with Crippen LogP contribution < -0.4 is 14.5 Å². The molecule has 1 aromatic carbocycles. The van der Waals surface area contributed by atoms with Gasteiger partial charge >= 0.3 is 0 Å². The number of hydrogen-bond donors (Lipinski definition) is 0. The van der Waals surface area contributed by atoms with Crippen LogP contribution in [0.3, 0.4) is 0 Å². The number of anilines is 2. The Bertz CT molecular complexity index is 941. The van der Waals surface area contributed by atoms with Crippen molar-refractivity contribution in [1.82, 2.24) is 14.5 Å². The van der Waals surface area contributed by atoms with Gasteiger partial charge in [-0.2, -0.15) is 9.40 Å². The standard InChI is InChI=1S/C19H25N5O4S/c1-27-17-3-2-4-18(14-17)29(25,26)24-7-5-22(6-8-24)16-13-19(21-20-15-16)23-9-11-28-12-10-23/h2-4,13-15H,5-12H2,1H3. The van der Waals surface area contributed by atoms with Crippen molar-refractivity contribution in [3.05, 3.63) is 36.5 Å². The average Bonchev–Trinajstić information content (AvgIpc) is 2.80. The van der Waals surface area contributed by atoms with E-state index >= 15 is 0 Å². The first-order valence-electron chi connectivity index (χ1n) is 9.62. The monoisotopic (exact) mass is 419 g/mol. The summed E-state index contributed by atoms with van der Waals surface area (Å²) >= 11 is 0. The van der Waals surface area contributed by atoms with Gasteiger partial charge in [-0.1, -0.05) is 6.07 Å². The van der Waals surface area contributed by atoms with Crippen LogP contribution in [0.5, 0.6) is 5.75 Å². The fraction of sp³-hybridized carbons (Fsp3) is 0.474. The molecule has 10 heteroatoms. The summed E-state index contributed by atoms with van der Waals surface area (Å²) in [4.78, 5) is 4.56. The highest BCUT2D eigenvalue weighted by Crippen LogP contribution is 2.25. The van der Waals surface area contributed by atoms with Gasteiger partial charge in [-0.15, -0.1) is 5.10 Å². The molecule has 0 atom stereocenters. The second-order valence-corrected chi connectivity index (χ2v) is 8.88. The Morgan fingerprint density at radius 3 is 2.48 bits per heavy atom. The third-order valence-corrected chi connectivity index (χ3v) is 7.14. The van der Waals surface area contributed by atoms with Crippen molar-refractivity contribution in [2.45, 2.75) is 4.90 Å². The molecule has 0 spiro atoms. The molecular formula is C19H25N5O4S. The largest absolute Gasteiger partial charge is 0.497 e. The normalized spacial score (nSPS) is 18.7. The van der Waals surface area contributed by atoms with Gasteiger partial charge in [0.1, 0.15) is 5.75 Å². The lowest BCUT2D eigenvalue weighted by molar-refractivity contribution is 0.122.